The molecule has 0 aromatic carbocycles. The molecule has 0 saturated carbocycles. The molecule has 1 aromatic heterocycles. The molecule has 0 spiro atoms. The first-order valence-corrected chi connectivity index (χ1v) is 5.06. The van der Waals surface area contributed by atoms with E-state index in [0.717, 1.165) is 11.4 Å². The Hall–Kier alpha value is -0.810. The molecule has 0 saturated heterocycles. The molecule has 0 aliphatic rings. The lowest BCUT2D eigenvalue weighted by atomic mass is 10.5. The summed E-state index contributed by atoms with van der Waals surface area (Å²) in [6.07, 6.45) is 3.20. The van der Waals surface area contributed by atoms with E-state index in [-0.39, 0.29) is 11.9 Å². The highest BCUT2D eigenvalue weighted by Gasteiger charge is 2.01. The third-order valence-electron chi connectivity index (χ3n) is 1.50. The van der Waals surface area contributed by atoms with E-state index in [1.165, 1.54) is 0 Å². The lowest BCUT2D eigenvalue weighted by Gasteiger charge is -2.06. The number of aliphatic hydroxyl groups excluding tert-OH is 1. The fourth-order valence-electron chi connectivity index (χ4n) is 0.720. The highest BCUT2D eigenvalue weighted by Crippen LogP contribution is 2.15. The second-order valence-corrected chi connectivity index (χ2v) is 4.16. The zero-order valence-corrected chi connectivity index (χ0v) is 8.29. The van der Waals surface area contributed by atoms with Crippen molar-refractivity contribution in [2.75, 3.05) is 12.3 Å². The molecule has 1 rings (SSSR count). The number of rotatable bonds is 4. The fourth-order valence-corrected chi connectivity index (χ4v) is 1.43. The third kappa shape index (κ3) is 3.61. The van der Waals surface area contributed by atoms with Gasteiger partial charge in [0.05, 0.1) is 24.7 Å². The first-order chi connectivity index (χ1) is 6.22. The second kappa shape index (κ2) is 5.04. The summed E-state index contributed by atoms with van der Waals surface area (Å²) < 4.78 is 0. The summed E-state index contributed by atoms with van der Waals surface area (Å²) in [7, 11) is 0. The van der Waals surface area contributed by atoms with E-state index >= 15 is 0 Å². The van der Waals surface area contributed by atoms with Gasteiger partial charge < -0.3 is 10.8 Å². The molecule has 3 N–H and O–H groups in total. The number of nitrogen functional groups attached to an aromatic ring is 1. The molecule has 4 nitrogen and oxygen atoms in total. The van der Waals surface area contributed by atoms with Crippen LogP contribution in [-0.2, 0) is 5.75 Å². The highest BCUT2D eigenvalue weighted by molar-refractivity contribution is 7.99. The van der Waals surface area contributed by atoms with Gasteiger partial charge in [0.15, 0.2) is 0 Å². The van der Waals surface area contributed by atoms with Gasteiger partial charge in [-0.15, -0.1) is 11.8 Å². The number of aliphatic hydroxyl groups is 1. The van der Waals surface area contributed by atoms with Crippen LogP contribution in [0.3, 0.4) is 0 Å². The normalized spacial score (nSPS) is 12.8. The van der Waals surface area contributed by atoms with E-state index < -0.39 is 0 Å². The topological polar surface area (TPSA) is 72.0 Å². The van der Waals surface area contributed by atoms with Crippen molar-refractivity contribution in [3.05, 3.63) is 18.1 Å². The van der Waals surface area contributed by atoms with Gasteiger partial charge in [0, 0.05) is 11.0 Å². The van der Waals surface area contributed by atoms with Gasteiger partial charge in [-0.3, -0.25) is 4.98 Å². The van der Waals surface area contributed by atoms with Crippen molar-refractivity contribution in [3.63, 3.8) is 0 Å². The zero-order chi connectivity index (χ0) is 9.68. The van der Waals surface area contributed by atoms with Crippen molar-refractivity contribution < 1.29 is 5.11 Å². The second-order valence-electron chi connectivity index (χ2n) is 2.74. The molecule has 0 aliphatic carbocycles. The lowest BCUT2D eigenvalue weighted by molar-refractivity contribution is 0.300. The maximum Gasteiger partial charge on any atom is 0.141 e. The molecule has 0 aliphatic heterocycles. The van der Waals surface area contributed by atoms with Gasteiger partial charge in [0.2, 0.25) is 0 Å². The van der Waals surface area contributed by atoms with Crippen LogP contribution in [0, 0.1) is 0 Å². The molecule has 5 heteroatoms. The number of aromatic nitrogens is 2. The number of anilines is 1. The van der Waals surface area contributed by atoms with Crippen LogP contribution in [0.25, 0.3) is 0 Å². The van der Waals surface area contributed by atoms with Crippen LogP contribution < -0.4 is 5.73 Å². The van der Waals surface area contributed by atoms with Crippen molar-refractivity contribution in [1.29, 1.82) is 0 Å². The standard InChI is InChI=1S/C8H13N3OS/c1-6(4-12)13-5-7-2-11-8(9)3-10-7/h2-3,6,12H,4-5H2,1H3,(H2,9,11). The van der Waals surface area contributed by atoms with Gasteiger partial charge in [0.25, 0.3) is 0 Å². The third-order valence-corrected chi connectivity index (χ3v) is 2.68. The predicted molar refractivity (Wildman–Crippen MR) is 54.3 cm³/mol. The van der Waals surface area contributed by atoms with Crippen LogP contribution in [-0.4, -0.2) is 26.9 Å². The Balaban J connectivity index is 2.41. The van der Waals surface area contributed by atoms with Gasteiger partial charge in [-0.05, 0) is 0 Å². The summed E-state index contributed by atoms with van der Waals surface area (Å²) >= 11 is 1.64. The van der Waals surface area contributed by atoms with Crippen LogP contribution in [0.4, 0.5) is 5.82 Å². The van der Waals surface area contributed by atoms with Crippen LogP contribution in [0.15, 0.2) is 12.4 Å². The average molecular weight is 199 g/mol. The van der Waals surface area contributed by atoms with Crippen LogP contribution in [0.5, 0.6) is 0 Å². The van der Waals surface area contributed by atoms with Crippen molar-refractivity contribution in [2.24, 2.45) is 0 Å². The van der Waals surface area contributed by atoms with Gasteiger partial charge >= 0.3 is 0 Å². The van der Waals surface area contributed by atoms with Crippen molar-refractivity contribution in [1.82, 2.24) is 9.97 Å². The summed E-state index contributed by atoms with van der Waals surface area (Å²) in [6.45, 7) is 2.16. The molecule has 0 amide bonds. The molecule has 72 valence electrons. The average Bonchev–Trinajstić information content (AvgIpc) is 2.16. The van der Waals surface area contributed by atoms with Crippen molar-refractivity contribution in [2.45, 2.75) is 17.9 Å². The fraction of sp³-hybridized carbons (Fsp3) is 0.500. The molecular formula is C8H13N3OS. The Labute approximate surface area is 81.6 Å². The van der Waals surface area contributed by atoms with Crippen LogP contribution in [0.1, 0.15) is 12.6 Å². The van der Waals surface area contributed by atoms with Gasteiger partial charge in [-0.25, -0.2) is 4.98 Å². The molecule has 13 heavy (non-hydrogen) atoms. The highest BCUT2D eigenvalue weighted by atomic mass is 32.2. The largest absolute Gasteiger partial charge is 0.395 e. The van der Waals surface area contributed by atoms with E-state index in [9.17, 15) is 0 Å². The number of nitrogens with zero attached hydrogens (tertiary/aromatic N) is 2. The first-order valence-electron chi connectivity index (χ1n) is 4.01. The Morgan fingerprint density at radius 1 is 1.54 bits per heavy atom. The van der Waals surface area contributed by atoms with Crippen LogP contribution in [0.2, 0.25) is 0 Å². The number of nitrogens with two attached hydrogens (primary N) is 1. The minimum Gasteiger partial charge on any atom is -0.395 e. The molecule has 0 radical (unpaired) electrons. The molecule has 1 aromatic rings. The van der Waals surface area contributed by atoms with Gasteiger partial charge in [-0.2, -0.15) is 0 Å². The maximum absolute atomic E-state index is 8.78. The van der Waals surface area contributed by atoms with E-state index in [1.807, 2.05) is 6.92 Å². The molecule has 1 atom stereocenters. The van der Waals surface area contributed by atoms with Gasteiger partial charge in [-0.1, -0.05) is 6.92 Å². The van der Waals surface area contributed by atoms with Gasteiger partial charge in [0.1, 0.15) is 5.82 Å². The Bertz CT molecular complexity index is 252. The van der Waals surface area contributed by atoms with E-state index in [1.54, 1.807) is 24.2 Å². The number of hydrogen-bond acceptors (Lipinski definition) is 5. The number of thioether (sulfide) groups is 1. The summed E-state index contributed by atoms with van der Waals surface area (Å²) in [5, 5.41) is 9.02. The lowest BCUT2D eigenvalue weighted by Crippen LogP contribution is -2.03. The minimum atomic E-state index is 0.188. The van der Waals surface area contributed by atoms with E-state index in [0.29, 0.717) is 5.82 Å². The van der Waals surface area contributed by atoms with E-state index in [4.69, 9.17) is 10.8 Å². The van der Waals surface area contributed by atoms with E-state index in [2.05, 4.69) is 9.97 Å². The van der Waals surface area contributed by atoms with Crippen LogP contribution >= 0.6 is 11.8 Å². The Kier molecular flexibility index (Phi) is 3.98. The van der Waals surface area contributed by atoms with Crippen molar-refractivity contribution in [3.8, 4) is 0 Å². The summed E-state index contributed by atoms with van der Waals surface area (Å²) in [5.74, 6) is 1.19. The molecule has 0 fully saturated rings. The van der Waals surface area contributed by atoms with Crippen molar-refractivity contribution >= 4 is 17.6 Å². The monoisotopic (exact) mass is 199 g/mol. The predicted octanol–water partition coefficient (Wildman–Crippen LogP) is 0.673. The molecule has 1 heterocycles. The smallest absolute Gasteiger partial charge is 0.141 e. The summed E-state index contributed by atoms with van der Waals surface area (Å²) in [6, 6.07) is 0. The first kappa shape index (κ1) is 10.3. The Morgan fingerprint density at radius 3 is 2.85 bits per heavy atom. The SMILES string of the molecule is CC(CO)SCc1cnc(N)cn1. The Morgan fingerprint density at radius 2 is 2.31 bits per heavy atom. The quantitative estimate of drug-likeness (QED) is 0.745. The maximum atomic E-state index is 8.78. The summed E-state index contributed by atoms with van der Waals surface area (Å²) in [4.78, 5) is 8.02. The molecule has 1 unspecified atom stereocenters. The molecule has 0 bridgehead atoms. The summed E-state index contributed by atoms with van der Waals surface area (Å²) in [5.41, 5.74) is 6.28. The molecular weight excluding hydrogens is 186 g/mol. The minimum absolute atomic E-state index is 0.188. The number of hydrogen-bond donors (Lipinski definition) is 2. The zero-order valence-electron chi connectivity index (χ0n) is 7.47.